The largest absolute Gasteiger partial charge is 0.453 e. The van der Waals surface area contributed by atoms with Gasteiger partial charge in [-0.3, -0.25) is 19.6 Å². The Hall–Kier alpha value is -6.36. The van der Waals surface area contributed by atoms with E-state index in [1.807, 2.05) is 56.3 Å². The Balaban J connectivity index is 1.01. The highest BCUT2D eigenvalue weighted by Gasteiger charge is 2.38. The van der Waals surface area contributed by atoms with Gasteiger partial charge in [-0.2, -0.15) is 0 Å². The van der Waals surface area contributed by atoms with Gasteiger partial charge >= 0.3 is 12.2 Å². The fourth-order valence-corrected chi connectivity index (χ4v) is 7.70. The smallest absolute Gasteiger partial charge is 0.407 e. The fourth-order valence-electron chi connectivity index (χ4n) is 7.70. The van der Waals surface area contributed by atoms with Crippen LogP contribution in [0.15, 0.2) is 61.1 Å². The predicted molar refractivity (Wildman–Crippen MR) is 213 cm³/mol. The Kier molecular flexibility index (Phi) is 12.0. The standard InChI is InChI=1S/C41H48N10O7/c1-23(2)35(49-41(55)58-5)39(53)51-17-7-9-34(51)37-45-27-15-14-26(18-28(27)46-37)30-20-42-29(19-43-30)24-10-12-25(13-11-24)31-21-44-36(47-31)33-8-6-16-50(33)38(52)32(22-56-3)48-40(54)57-4/h10-15,18-21,23,32-35H,6-9,16-17,22H2,1-5H3,(H,44,47)(H,45,46)(H,48,54)(H,49,55)/t32-,33-,34-,35-/m0/s1. The van der Waals surface area contributed by atoms with E-state index in [-0.39, 0.29) is 36.4 Å². The Bertz CT molecular complexity index is 2250. The van der Waals surface area contributed by atoms with Crippen LogP contribution in [-0.4, -0.2) is 117 Å². The minimum Gasteiger partial charge on any atom is -0.453 e. The van der Waals surface area contributed by atoms with Crippen LogP contribution in [0.25, 0.3) is 44.8 Å². The monoisotopic (exact) mass is 792 g/mol. The highest BCUT2D eigenvalue weighted by atomic mass is 16.5. The van der Waals surface area contributed by atoms with Crippen molar-refractivity contribution in [2.45, 2.75) is 63.7 Å². The zero-order valence-corrected chi connectivity index (χ0v) is 33.2. The molecule has 2 aliphatic heterocycles. The predicted octanol–water partition coefficient (Wildman–Crippen LogP) is 5.16. The molecule has 2 saturated heterocycles. The Morgan fingerprint density at radius 3 is 1.98 bits per heavy atom. The van der Waals surface area contributed by atoms with Crippen LogP contribution < -0.4 is 10.6 Å². The molecule has 4 atom stereocenters. The number of amides is 4. The molecule has 2 aliphatic rings. The number of aromatic amines is 2. The van der Waals surface area contributed by atoms with E-state index >= 15 is 0 Å². The number of carbonyl (C=O) groups excluding carboxylic acids is 4. The van der Waals surface area contributed by atoms with E-state index < -0.39 is 24.3 Å². The molecule has 0 radical (unpaired) electrons. The molecular weight excluding hydrogens is 745 g/mol. The summed E-state index contributed by atoms with van der Waals surface area (Å²) in [5, 5.41) is 5.26. The summed E-state index contributed by atoms with van der Waals surface area (Å²) in [5.41, 5.74) is 6.49. The molecule has 5 heterocycles. The topological polar surface area (TPSA) is 210 Å². The van der Waals surface area contributed by atoms with Crippen LogP contribution >= 0.6 is 0 Å². The Morgan fingerprint density at radius 1 is 0.741 bits per heavy atom. The number of ether oxygens (including phenoxy) is 3. The molecule has 58 heavy (non-hydrogen) atoms. The molecule has 0 saturated carbocycles. The summed E-state index contributed by atoms with van der Waals surface area (Å²) in [6, 6.07) is 11.7. The minimum atomic E-state index is -0.873. The molecule has 0 spiro atoms. The first-order valence-electron chi connectivity index (χ1n) is 19.3. The SMILES string of the molecule is COC[C@H](NC(=O)OC)C(=O)N1CCC[C@H]1c1ncc(-c2ccc(-c3cnc(-c4ccc5nc([C@@H]6CCCN6C(=O)[C@@H](NC(=O)OC)C(C)C)[nH]c5c4)cn3)cc2)[nH]1. The van der Waals surface area contributed by atoms with Gasteiger partial charge in [0.2, 0.25) is 11.8 Å². The average molecular weight is 793 g/mol. The van der Waals surface area contributed by atoms with E-state index in [1.54, 1.807) is 28.4 Å². The average Bonchev–Trinajstić information content (AvgIpc) is 4.08. The highest BCUT2D eigenvalue weighted by Crippen LogP contribution is 2.35. The van der Waals surface area contributed by atoms with E-state index in [9.17, 15) is 19.2 Å². The van der Waals surface area contributed by atoms with Crippen molar-refractivity contribution >= 4 is 35.0 Å². The van der Waals surface area contributed by atoms with Crippen LogP contribution in [-0.2, 0) is 23.8 Å². The lowest BCUT2D eigenvalue weighted by Gasteiger charge is -2.29. The number of aromatic nitrogens is 6. The molecule has 4 N–H and O–H groups in total. The van der Waals surface area contributed by atoms with Crippen molar-refractivity contribution < 1.29 is 33.4 Å². The van der Waals surface area contributed by atoms with Crippen LogP contribution in [0.1, 0.15) is 63.3 Å². The molecule has 3 aromatic heterocycles. The summed E-state index contributed by atoms with van der Waals surface area (Å²) in [6.45, 7) is 4.92. The number of likely N-dealkylation sites (tertiary alicyclic amines) is 2. The number of fused-ring (bicyclic) bond motifs is 1. The zero-order chi connectivity index (χ0) is 40.9. The molecule has 0 unspecified atom stereocenters. The summed E-state index contributed by atoms with van der Waals surface area (Å²) in [4.78, 5) is 80.1. The van der Waals surface area contributed by atoms with E-state index in [4.69, 9.17) is 29.2 Å². The first kappa shape index (κ1) is 39.9. The van der Waals surface area contributed by atoms with Gasteiger partial charge in [0.1, 0.15) is 23.7 Å². The van der Waals surface area contributed by atoms with Gasteiger partial charge in [-0.05, 0) is 49.3 Å². The number of alkyl carbamates (subject to hydrolysis) is 2. The van der Waals surface area contributed by atoms with Crippen LogP contribution in [0, 0.1) is 5.92 Å². The lowest BCUT2D eigenvalue weighted by Crippen LogP contribution is -2.51. The fraction of sp³-hybridized carbons (Fsp3) is 0.415. The van der Waals surface area contributed by atoms with Crippen LogP contribution in [0.4, 0.5) is 9.59 Å². The molecule has 2 aromatic carbocycles. The molecule has 17 heteroatoms. The van der Waals surface area contributed by atoms with Crippen molar-refractivity contribution in [1.29, 1.82) is 0 Å². The van der Waals surface area contributed by atoms with Crippen molar-refractivity contribution in [1.82, 2.24) is 50.3 Å². The normalized spacial score (nSPS) is 17.7. The van der Waals surface area contributed by atoms with Gasteiger partial charge in [0.25, 0.3) is 0 Å². The number of nitrogens with zero attached hydrogens (tertiary/aromatic N) is 6. The van der Waals surface area contributed by atoms with Crippen molar-refractivity contribution in [3.8, 4) is 33.8 Å². The van der Waals surface area contributed by atoms with Crippen molar-refractivity contribution in [2.24, 2.45) is 5.92 Å². The molecule has 17 nitrogen and oxygen atoms in total. The van der Waals surface area contributed by atoms with Crippen LogP contribution in [0.5, 0.6) is 0 Å². The first-order chi connectivity index (χ1) is 28.1. The van der Waals surface area contributed by atoms with Crippen molar-refractivity contribution in [3.05, 3.63) is 72.7 Å². The number of carbonyl (C=O) groups is 4. The second-order valence-electron chi connectivity index (χ2n) is 14.8. The van der Waals surface area contributed by atoms with Gasteiger partial charge in [-0.1, -0.05) is 44.2 Å². The zero-order valence-electron chi connectivity index (χ0n) is 33.2. The number of H-pyrrole nitrogens is 2. The summed E-state index contributed by atoms with van der Waals surface area (Å²) < 4.78 is 14.6. The lowest BCUT2D eigenvalue weighted by atomic mass is 10.0. The molecular formula is C41H48N10O7. The number of rotatable bonds is 12. The molecule has 0 bridgehead atoms. The van der Waals surface area contributed by atoms with Crippen molar-refractivity contribution in [3.63, 3.8) is 0 Å². The van der Waals surface area contributed by atoms with Gasteiger partial charge in [0, 0.05) is 31.3 Å². The Labute approximate surface area is 335 Å². The summed E-state index contributed by atoms with van der Waals surface area (Å²) in [5.74, 6) is 0.839. The third kappa shape index (κ3) is 8.34. The molecule has 0 aliphatic carbocycles. The number of hydrogen-bond acceptors (Lipinski definition) is 11. The van der Waals surface area contributed by atoms with Gasteiger partial charge < -0.3 is 44.6 Å². The first-order valence-corrected chi connectivity index (χ1v) is 19.3. The molecule has 7 rings (SSSR count). The molecule has 304 valence electrons. The van der Waals surface area contributed by atoms with Gasteiger partial charge in [-0.25, -0.2) is 19.6 Å². The van der Waals surface area contributed by atoms with E-state index in [0.717, 1.165) is 59.1 Å². The Morgan fingerprint density at radius 2 is 1.34 bits per heavy atom. The van der Waals surface area contributed by atoms with Gasteiger partial charge in [0.15, 0.2) is 0 Å². The lowest BCUT2D eigenvalue weighted by molar-refractivity contribution is -0.136. The maximum atomic E-state index is 13.6. The number of nitrogens with one attached hydrogen (secondary N) is 4. The second-order valence-corrected chi connectivity index (χ2v) is 14.8. The van der Waals surface area contributed by atoms with E-state index in [1.165, 1.54) is 21.3 Å². The molecule has 2 fully saturated rings. The van der Waals surface area contributed by atoms with E-state index in [2.05, 4.69) is 25.6 Å². The van der Waals surface area contributed by atoms with E-state index in [0.29, 0.717) is 36.1 Å². The van der Waals surface area contributed by atoms with Crippen LogP contribution in [0.2, 0.25) is 0 Å². The summed E-state index contributed by atoms with van der Waals surface area (Å²) in [7, 11) is 4.01. The third-order valence-corrected chi connectivity index (χ3v) is 10.7. The van der Waals surface area contributed by atoms with Crippen molar-refractivity contribution in [2.75, 3.05) is 41.0 Å². The number of methoxy groups -OCH3 is 3. The maximum absolute atomic E-state index is 13.6. The number of benzene rings is 2. The third-order valence-electron chi connectivity index (χ3n) is 10.7. The molecule has 5 aromatic rings. The van der Waals surface area contributed by atoms with Gasteiger partial charge in [-0.15, -0.1) is 0 Å². The summed E-state index contributed by atoms with van der Waals surface area (Å²) in [6.07, 6.45) is 7.04. The quantitative estimate of drug-likeness (QED) is 0.130. The second kappa shape index (κ2) is 17.4. The summed E-state index contributed by atoms with van der Waals surface area (Å²) >= 11 is 0. The number of imidazole rings is 2. The highest BCUT2D eigenvalue weighted by molar-refractivity contribution is 5.87. The molecule has 4 amide bonds. The van der Waals surface area contributed by atoms with Crippen LogP contribution in [0.3, 0.4) is 0 Å². The van der Waals surface area contributed by atoms with Gasteiger partial charge in [0.05, 0.1) is 79.6 Å². The number of hydrogen-bond donors (Lipinski definition) is 4. The minimum absolute atomic E-state index is 0.0209. The maximum Gasteiger partial charge on any atom is 0.407 e.